The molecule has 3 aromatic carbocycles. The maximum Gasteiger partial charge on any atom is 0.343 e. The van der Waals surface area contributed by atoms with Crippen LogP contribution in [0.4, 0.5) is 0 Å². The molecule has 3 aromatic rings. The number of allylic oxidation sites excluding steroid dienone is 5. The van der Waals surface area contributed by atoms with Crippen LogP contribution in [0, 0.1) is 23.7 Å². The molecule has 11 atom stereocenters. The Hall–Kier alpha value is -6.70. The molecule has 424 valence electrons. The molecule has 0 amide bonds. The number of fused-ring (bicyclic) bond motifs is 7. The number of hydrogen-bond donors (Lipinski definition) is 6. The van der Waals surface area contributed by atoms with Gasteiger partial charge in [0.25, 0.3) is 0 Å². The molecular formula is C63H72N2O15. The molecule has 0 aromatic heterocycles. The van der Waals surface area contributed by atoms with Gasteiger partial charge in [0.2, 0.25) is 6.29 Å². The lowest BCUT2D eigenvalue weighted by Gasteiger charge is -2.66. The summed E-state index contributed by atoms with van der Waals surface area (Å²) in [5.74, 6) is -4.20. The topological polar surface area (TPSA) is 254 Å². The summed E-state index contributed by atoms with van der Waals surface area (Å²) in [4.78, 5) is 61.3. The zero-order valence-electron chi connectivity index (χ0n) is 46.7. The molecule has 8 aliphatic rings. The highest BCUT2D eigenvalue weighted by molar-refractivity contribution is 6.23. The van der Waals surface area contributed by atoms with Crippen LogP contribution in [0.1, 0.15) is 124 Å². The molecule has 7 N–H and O–H groups in total. The smallest absolute Gasteiger partial charge is 0.343 e. The van der Waals surface area contributed by atoms with Crippen molar-refractivity contribution in [2.24, 2.45) is 29.4 Å². The van der Waals surface area contributed by atoms with Crippen LogP contribution in [0.5, 0.6) is 23.0 Å². The summed E-state index contributed by atoms with van der Waals surface area (Å²) >= 11 is 0. The Morgan fingerprint density at radius 1 is 0.900 bits per heavy atom. The molecule has 4 aliphatic heterocycles. The van der Waals surface area contributed by atoms with Gasteiger partial charge in [-0.3, -0.25) is 9.59 Å². The van der Waals surface area contributed by atoms with Crippen molar-refractivity contribution in [2.45, 2.75) is 135 Å². The standard InChI is InChI=1S/C63H72N2O15/c1-31(2)13-12-24-61(8)25-23-40-54(79-61)39(21-16-32(3)4)56-46(55(40)78-59(73)35-17-19-36(20-18-35)76-60-53(70)52(69)51(68)43(30-66)77-60)49-47-44(45-48(65(49)28-27-64)37-14-10-11-15-38(37)50(45)67)41-29-42(33(5)6)63(47,80-56)62(74,57(41)71)26-22-34(7)58(72)75-9/h10-11,13-20,22-23,25,33,41-44,51-53,60,66,68-70,74H,12,21,24,26-30,64H2,1-9H3/b34-22-/t41?,42?,43-,44?,51-,52+,53-,60-,61?,62?,63?/m1/s1. The Balaban J connectivity index is 1.25. The van der Waals surface area contributed by atoms with Crippen LogP contribution in [0.2, 0.25) is 0 Å². The molecule has 4 fully saturated rings. The summed E-state index contributed by atoms with van der Waals surface area (Å²) in [5.41, 5.74) is 8.12. The maximum atomic E-state index is 15.9. The van der Waals surface area contributed by atoms with Gasteiger partial charge in [-0.2, -0.15) is 0 Å². The van der Waals surface area contributed by atoms with E-state index in [4.69, 9.17) is 34.2 Å². The molecule has 4 heterocycles. The lowest BCUT2D eigenvalue weighted by molar-refractivity contribution is -0.277. The highest BCUT2D eigenvalue weighted by atomic mass is 16.7. The predicted octanol–water partition coefficient (Wildman–Crippen LogP) is 6.96. The first-order chi connectivity index (χ1) is 38.1. The van der Waals surface area contributed by atoms with Gasteiger partial charge >= 0.3 is 11.9 Å². The van der Waals surface area contributed by atoms with Crippen LogP contribution in [-0.4, -0.2) is 128 Å². The van der Waals surface area contributed by atoms with E-state index in [2.05, 4.69) is 6.08 Å². The van der Waals surface area contributed by atoms with E-state index >= 15 is 14.4 Å². The number of nitrogens with two attached hydrogens (primary N) is 1. The monoisotopic (exact) mass is 1100 g/mol. The summed E-state index contributed by atoms with van der Waals surface area (Å²) in [5, 5.41) is 55.3. The van der Waals surface area contributed by atoms with Crippen LogP contribution >= 0.6 is 0 Å². The van der Waals surface area contributed by atoms with E-state index in [0.29, 0.717) is 68.9 Å². The number of esters is 2. The zero-order valence-corrected chi connectivity index (χ0v) is 46.7. The highest BCUT2D eigenvalue weighted by Crippen LogP contribution is 2.71. The third-order valence-electron chi connectivity index (χ3n) is 17.1. The van der Waals surface area contributed by atoms with E-state index < -0.39 is 89.6 Å². The van der Waals surface area contributed by atoms with Crippen LogP contribution in [0.15, 0.2) is 101 Å². The fourth-order valence-corrected chi connectivity index (χ4v) is 13.2. The molecule has 1 saturated heterocycles. The van der Waals surface area contributed by atoms with E-state index in [0.717, 1.165) is 11.1 Å². The van der Waals surface area contributed by atoms with Crippen molar-refractivity contribution in [3.05, 3.63) is 134 Å². The van der Waals surface area contributed by atoms with E-state index in [1.54, 1.807) is 19.1 Å². The molecule has 17 heteroatoms. The number of methoxy groups -OCH3 is 1. The van der Waals surface area contributed by atoms with Gasteiger partial charge in [-0.15, -0.1) is 0 Å². The van der Waals surface area contributed by atoms with Crippen molar-refractivity contribution in [2.75, 3.05) is 26.8 Å². The van der Waals surface area contributed by atoms with Crippen molar-refractivity contribution in [1.82, 2.24) is 4.90 Å². The largest absolute Gasteiger partial charge is 0.482 e. The number of nitrogens with zero attached hydrogens (tertiary/aromatic N) is 1. The van der Waals surface area contributed by atoms with E-state index in [-0.39, 0.29) is 72.4 Å². The van der Waals surface area contributed by atoms with Crippen molar-refractivity contribution < 1.29 is 73.1 Å². The fourth-order valence-electron chi connectivity index (χ4n) is 13.2. The second-order valence-electron chi connectivity index (χ2n) is 23.2. The molecule has 80 heavy (non-hydrogen) atoms. The molecular weight excluding hydrogens is 1020 g/mol. The van der Waals surface area contributed by atoms with Crippen LogP contribution in [0.3, 0.4) is 0 Å². The second-order valence-corrected chi connectivity index (χ2v) is 23.2. The summed E-state index contributed by atoms with van der Waals surface area (Å²) < 4.78 is 38.5. The van der Waals surface area contributed by atoms with Crippen molar-refractivity contribution in [1.29, 1.82) is 0 Å². The van der Waals surface area contributed by atoms with Gasteiger partial charge in [0.05, 0.1) is 41.8 Å². The fraction of sp³-hybridized carbons (Fsp3) is 0.460. The summed E-state index contributed by atoms with van der Waals surface area (Å²) in [6.45, 7) is 15.1. The normalized spacial score (nSPS) is 29.7. The van der Waals surface area contributed by atoms with Crippen LogP contribution in [-0.2, 0) is 25.5 Å². The predicted molar refractivity (Wildman–Crippen MR) is 296 cm³/mol. The SMILES string of the molecule is COC(=O)/C(C)=C\CC1(O)C(=O)C2CC(C(C)C)C13Oc1c(CC=C(C)C)c4c(c(OC(=O)c5ccc(O[C@@H]6O[C@H](CO)[C@@H](O)[C@H](O)[C@H]6O)cc5)c1C1=C3C2C2=C(c3ccccc3C2=O)N1CCN)C=CC(C)(CCC=C(C)C)O4. The third kappa shape index (κ3) is 8.96. The molecule has 11 rings (SSSR count). The van der Waals surface area contributed by atoms with Gasteiger partial charge < -0.3 is 64.6 Å². The molecule has 0 radical (unpaired) electrons. The average molecular weight is 1100 g/mol. The lowest BCUT2D eigenvalue weighted by Crippen LogP contribution is -2.78. The van der Waals surface area contributed by atoms with Crippen molar-refractivity contribution in [3.8, 4) is 23.0 Å². The minimum atomic E-state index is -2.35. The number of aliphatic hydroxyl groups is 5. The number of ketones is 2. The Morgan fingerprint density at radius 3 is 2.25 bits per heavy atom. The summed E-state index contributed by atoms with van der Waals surface area (Å²) in [6, 6.07) is 13.1. The number of carbonyl (C=O) groups is 4. The van der Waals surface area contributed by atoms with E-state index in [1.165, 1.54) is 37.5 Å². The maximum absolute atomic E-state index is 15.9. The Bertz CT molecular complexity index is 3250. The Morgan fingerprint density at radius 2 is 1.60 bits per heavy atom. The highest BCUT2D eigenvalue weighted by Gasteiger charge is 2.77. The van der Waals surface area contributed by atoms with Gasteiger partial charge in [-0.05, 0) is 110 Å². The number of rotatable bonds is 16. The number of hydrogen-bond acceptors (Lipinski definition) is 17. The van der Waals surface area contributed by atoms with Crippen molar-refractivity contribution >= 4 is 41.0 Å². The zero-order chi connectivity index (χ0) is 57.5. The number of benzene rings is 3. The Labute approximate surface area is 465 Å². The molecule has 1 spiro atoms. The minimum Gasteiger partial charge on any atom is -0.482 e. The quantitative estimate of drug-likeness (QED) is 0.0367. The van der Waals surface area contributed by atoms with Gasteiger partial charge in [0.15, 0.2) is 28.5 Å². The van der Waals surface area contributed by atoms with Gasteiger partial charge in [0.1, 0.15) is 47.3 Å². The molecule has 6 unspecified atom stereocenters. The Kier molecular flexibility index (Phi) is 15.1. The van der Waals surface area contributed by atoms with Gasteiger partial charge in [-0.1, -0.05) is 67.5 Å². The lowest BCUT2D eigenvalue weighted by atomic mass is 9.43. The number of ether oxygens (including phenoxy) is 6. The summed E-state index contributed by atoms with van der Waals surface area (Å²) in [6.07, 6.45) is 3.27. The number of aliphatic hydroxyl groups excluding tert-OH is 4. The average Bonchev–Trinajstić information content (AvgIpc) is 2.93. The van der Waals surface area contributed by atoms with E-state index in [9.17, 15) is 30.3 Å². The van der Waals surface area contributed by atoms with Gasteiger partial charge in [0, 0.05) is 70.7 Å². The van der Waals surface area contributed by atoms with Crippen LogP contribution < -0.4 is 24.7 Å². The first kappa shape index (κ1) is 56.6. The van der Waals surface area contributed by atoms with Crippen molar-refractivity contribution in [3.63, 3.8) is 0 Å². The number of Topliss-reactive ketones (excluding diaryl/α,β-unsaturated/α-hetero) is 2. The summed E-state index contributed by atoms with van der Waals surface area (Å²) in [7, 11) is 1.26. The molecule has 17 nitrogen and oxygen atoms in total. The molecule has 4 aliphatic carbocycles. The second kappa shape index (κ2) is 21.3. The minimum absolute atomic E-state index is 0.0452. The first-order valence-corrected chi connectivity index (χ1v) is 27.5. The number of carbonyl (C=O) groups excluding carboxylic acids is 4. The molecule has 3 saturated carbocycles. The molecule has 2 bridgehead atoms. The third-order valence-corrected chi connectivity index (χ3v) is 17.1. The van der Waals surface area contributed by atoms with E-state index in [1.807, 2.05) is 83.7 Å². The van der Waals surface area contributed by atoms with Crippen LogP contribution in [0.25, 0.3) is 17.5 Å². The first-order valence-electron chi connectivity index (χ1n) is 27.5. The van der Waals surface area contributed by atoms with Gasteiger partial charge in [-0.25, -0.2) is 9.59 Å².